The lowest BCUT2D eigenvalue weighted by molar-refractivity contribution is 0.182. The maximum atomic E-state index is 11.0. The lowest BCUT2D eigenvalue weighted by Gasteiger charge is -2.29. The van der Waals surface area contributed by atoms with E-state index < -0.39 is 12.4 Å². The number of aliphatic hydroxyl groups excluding tert-OH is 1. The second-order valence-electron chi connectivity index (χ2n) is 8.92. The Morgan fingerprint density at radius 3 is 2.58 bits per heavy atom. The van der Waals surface area contributed by atoms with E-state index in [9.17, 15) is 5.11 Å². The van der Waals surface area contributed by atoms with Crippen LogP contribution in [-0.4, -0.2) is 51.5 Å². The van der Waals surface area contributed by atoms with E-state index in [1.165, 1.54) is 6.42 Å². The van der Waals surface area contributed by atoms with Gasteiger partial charge in [0.1, 0.15) is 0 Å². The van der Waals surface area contributed by atoms with Gasteiger partial charge in [-0.05, 0) is 31.4 Å². The zero-order valence-corrected chi connectivity index (χ0v) is 19.7. The van der Waals surface area contributed by atoms with Crippen LogP contribution in [0, 0.1) is 0 Å². The second-order valence-corrected chi connectivity index (χ2v) is 8.92. The van der Waals surface area contributed by atoms with Gasteiger partial charge in [0.2, 0.25) is 0 Å². The molecule has 0 amide bonds. The molecule has 0 bridgehead atoms. The zero-order valence-electron chi connectivity index (χ0n) is 19.7. The third kappa shape index (κ3) is 4.40. The Bertz CT molecular complexity index is 1370. The van der Waals surface area contributed by atoms with Crippen molar-refractivity contribution in [3.63, 3.8) is 0 Å². The number of hydrogen-bond acceptors (Lipinski definition) is 9. The van der Waals surface area contributed by atoms with Crippen LogP contribution in [0.3, 0.4) is 0 Å². The van der Waals surface area contributed by atoms with E-state index in [-0.39, 0.29) is 6.01 Å². The summed E-state index contributed by atoms with van der Waals surface area (Å²) in [6.45, 7) is 1.99. The number of aliphatic imine (C=N–C) groups is 1. The lowest BCUT2D eigenvalue weighted by atomic mass is 10.0. The Kier molecular flexibility index (Phi) is 6.05. The average molecular weight is 482 g/mol. The minimum absolute atomic E-state index is 0.173. The van der Waals surface area contributed by atoms with Crippen molar-refractivity contribution >= 4 is 23.1 Å². The highest BCUT2D eigenvalue weighted by Crippen LogP contribution is 2.32. The molecule has 2 atom stereocenters. The molecule has 1 saturated heterocycles. The molecular weight excluding hydrogens is 454 g/mol. The number of anilines is 3. The fourth-order valence-corrected chi connectivity index (χ4v) is 4.75. The molecule has 0 spiro atoms. The molecule has 2 aliphatic heterocycles. The quantitative estimate of drug-likeness (QED) is 0.390. The highest BCUT2D eigenvalue weighted by molar-refractivity contribution is 6.16. The first-order valence-electron chi connectivity index (χ1n) is 12.2. The van der Waals surface area contributed by atoms with Crippen molar-refractivity contribution in [1.29, 1.82) is 0 Å². The van der Waals surface area contributed by atoms with Crippen LogP contribution in [0.5, 0.6) is 0 Å². The summed E-state index contributed by atoms with van der Waals surface area (Å²) in [5.74, 6) is 0.373. The van der Waals surface area contributed by atoms with Gasteiger partial charge in [0, 0.05) is 42.3 Å². The summed E-state index contributed by atoms with van der Waals surface area (Å²) in [4.78, 5) is 11.5. The van der Waals surface area contributed by atoms with E-state index in [2.05, 4.69) is 30.7 Å². The number of piperidine rings is 1. The summed E-state index contributed by atoms with van der Waals surface area (Å²) in [6.07, 6.45) is 5.32. The second kappa shape index (κ2) is 9.79. The van der Waals surface area contributed by atoms with Gasteiger partial charge >= 0.3 is 6.01 Å². The number of aromatic nitrogens is 3. The van der Waals surface area contributed by atoms with Gasteiger partial charge in [0.15, 0.2) is 12.4 Å². The summed E-state index contributed by atoms with van der Waals surface area (Å²) in [7, 11) is 0. The Hall–Kier alpha value is -4.24. The highest BCUT2D eigenvalue weighted by atomic mass is 16.4. The highest BCUT2D eigenvalue weighted by Gasteiger charge is 2.28. The molecule has 2 aromatic heterocycles. The van der Waals surface area contributed by atoms with Gasteiger partial charge < -0.3 is 25.1 Å². The molecule has 6 rings (SSSR count). The van der Waals surface area contributed by atoms with Gasteiger partial charge in [0.25, 0.3) is 5.89 Å². The topological polar surface area (TPSA) is 112 Å². The zero-order chi connectivity index (χ0) is 24.3. The van der Waals surface area contributed by atoms with E-state index in [1.807, 2.05) is 60.7 Å². The minimum atomic E-state index is -1.02. The van der Waals surface area contributed by atoms with Crippen LogP contribution in [-0.2, 0) is 0 Å². The number of fused-ring (bicyclic) bond motifs is 1. The molecule has 4 heterocycles. The molecule has 4 aromatic rings. The van der Waals surface area contributed by atoms with Gasteiger partial charge in [0.05, 0.1) is 17.0 Å². The standard InChI is InChI=1S/C27H27N7O2/c35-25-24(30-23(18-9-3-1-4-10-18)19-11-5-6-12-21(19)29-25)31-27-33-32-26(36-27)20-17-28-14-13-22(20)34-15-7-2-8-16-34/h1,3-6,9-14,17,24-25,29,35H,2,7-8,15-16H2,(H,31,33). The Morgan fingerprint density at radius 1 is 0.917 bits per heavy atom. The fraction of sp³-hybridized carbons (Fsp3) is 0.259. The fourth-order valence-electron chi connectivity index (χ4n) is 4.75. The number of hydrogen-bond donors (Lipinski definition) is 3. The Morgan fingerprint density at radius 2 is 1.72 bits per heavy atom. The smallest absolute Gasteiger partial charge is 0.317 e. The summed E-state index contributed by atoms with van der Waals surface area (Å²) in [5.41, 5.74) is 5.23. The Labute approximate surface area is 208 Å². The predicted molar refractivity (Wildman–Crippen MR) is 139 cm³/mol. The first-order chi connectivity index (χ1) is 17.8. The number of nitrogens with one attached hydrogen (secondary N) is 2. The minimum Gasteiger partial charge on any atom is -0.403 e. The van der Waals surface area contributed by atoms with E-state index in [0.717, 1.165) is 59.7 Å². The van der Waals surface area contributed by atoms with E-state index >= 15 is 0 Å². The molecule has 9 nitrogen and oxygen atoms in total. The average Bonchev–Trinajstić information content (AvgIpc) is 3.35. The van der Waals surface area contributed by atoms with Gasteiger partial charge in [-0.25, -0.2) is 0 Å². The molecule has 9 heteroatoms. The van der Waals surface area contributed by atoms with Gasteiger partial charge in [-0.15, -0.1) is 5.10 Å². The first kappa shape index (κ1) is 22.2. The SMILES string of the molecule is OC1Nc2ccccc2C(c2ccccc2)=NC1Nc1nnc(-c2cnccc2N2CCCCC2)o1. The largest absolute Gasteiger partial charge is 0.403 e. The summed E-state index contributed by atoms with van der Waals surface area (Å²) in [5, 5.41) is 25.7. The van der Waals surface area contributed by atoms with Crippen molar-refractivity contribution in [2.24, 2.45) is 4.99 Å². The van der Waals surface area contributed by atoms with Crippen LogP contribution in [0.4, 0.5) is 17.4 Å². The van der Waals surface area contributed by atoms with Gasteiger partial charge in [-0.1, -0.05) is 53.6 Å². The van der Waals surface area contributed by atoms with Gasteiger partial charge in [-0.3, -0.25) is 9.98 Å². The third-order valence-corrected chi connectivity index (χ3v) is 6.52. The summed E-state index contributed by atoms with van der Waals surface area (Å²) in [6, 6.07) is 19.9. The molecule has 1 fully saturated rings. The number of aliphatic hydroxyl groups is 1. The van der Waals surface area contributed by atoms with Crippen molar-refractivity contribution in [3.8, 4) is 11.5 Å². The molecule has 3 N–H and O–H groups in total. The van der Waals surface area contributed by atoms with Crippen molar-refractivity contribution in [1.82, 2.24) is 15.2 Å². The number of pyridine rings is 1. The Balaban J connectivity index is 1.31. The number of benzene rings is 2. The predicted octanol–water partition coefficient (Wildman–Crippen LogP) is 4.14. The van der Waals surface area contributed by atoms with Crippen molar-refractivity contribution in [3.05, 3.63) is 84.2 Å². The van der Waals surface area contributed by atoms with Crippen LogP contribution in [0.2, 0.25) is 0 Å². The number of para-hydroxylation sites is 1. The maximum absolute atomic E-state index is 11.0. The molecular formula is C27H27N7O2. The van der Waals surface area contributed by atoms with Crippen molar-refractivity contribution in [2.75, 3.05) is 28.6 Å². The van der Waals surface area contributed by atoms with Crippen LogP contribution in [0.15, 0.2) is 82.5 Å². The van der Waals surface area contributed by atoms with Gasteiger partial charge in [-0.2, -0.15) is 0 Å². The number of benzodiazepines with no additional fused rings is 1. The number of rotatable bonds is 5. The molecule has 2 aromatic carbocycles. The monoisotopic (exact) mass is 481 g/mol. The number of nitrogens with zero attached hydrogens (tertiary/aromatic N) is 5. The first-order valence-corrected chi connectivity index (χ1v) is 12.2. The summed E-state index contributed by atoms with van der Waals surface area (Å²) >= 11 is 0. The van der Waals surface area contributed by atoms with Crippen LogP contribution in [0.1, 0.15) is 30.4 Å². The molecule has 0 radical (unpaired) electrons. The van der Waals surface area contributed by atoms with Crippen molar-refractivity contribution < 1.29 is 9.52 Å². The molecule has 0 saturated carbocycles. The van der Waals surface area contributed by atoms with Crippen LogP contribution in [0.25, 0.3) is 11.5 Å². The lowest BCUT2D eigenvalue weighted by Crippen LogP contribution is -2.37. The van der Waals surface area contributed by atoms with Crippen LogP contribution < -0.4 is 15.5 Å². The maximum Gasteiger partial charge on any atom is 0.317 e. The molecule has 2 unspecified atom stereocenters. The van der Waals surface area contributed by atoms with E-state index in [0.29, 0.717) is 5.89 Å². The molecule has 2 aliphatic rings. The molecule has 0 aliphatic carbocycles. The molecule has 36 heavy (non-hydrogen) atoms. The van der Waals surface area contributed by atoms with E-state index in [4.69, 9.17) is 9.41 Å². The molecule has 182 valence electrons. The van der Waals surface area contributed by atoms with Crippen LogP contribution >= 0.6 is 0 Å². The third-order valence-electron chi connectivity index (χ3n) is 6.52. The van der Waals surface area contributed by atoms with Crippen molar-refractivity contribution in [2.45, 2.75) is 31.7 Å². The summed E-state index contributed by atoms with van der Waals surface area (Å²) < 4.78 is 6.00. The normalized spacial score (nSPS) is 19.6. The van der Waals surface area contributed by atoms with E-state index in [1.54, 1.807) is 12.4 Å².